The van der Waals surface area contributed by atoms with Gasteiger partial charge in [-0.05, 0) is 31.2 Å². The van der Waals surface area contributed by atoms with Gasteiger partial charge in [0.15, 0.2) is 6.61 Å². The minimum atomic E-state index is -0.152. The molecule has 0 spiro atoms. The van der Waals surface area contributed by atoms with Gasteiger partial charge in [0.1, 0.15) is 5.75 Å². The molecule has 4 rings (SSSR count). The molecule has 0 aliphatic carbocycles. The van der Waals surface area contributed by atoms with Gasteiger partial charge in [-0.3, -0.25) is 4.79 Å². The summed E-state index contributed by atoms with van der Waals surface area (Å²) in [6.07, 6.45) is 0. The van der Waals surface area contributed by atoms with E-state index in [0.29, 0.717) is 23.9 Å². The number of ether oxygens (including phenoxy) is 1. The van der Waals surface area contributed by atoms with Gasteiger partial charge < -0.3 is 14.1 Å². The number of aryl methyl sites for hydroxylation is 1. The maximum absolute atomic E-state index is 12.9. The van der Waals surface area contributed by atoms with Crippen molar-refractivity contribution in [1.82, 2.24) is 4.98 Å². The lowest BCUT2D eigenvalue weighted by Gasteiger charge is -2.29. The third-order valence-electron chi connectivity index (χ3n) is 4.51. The van der Waals surface area contributed by atoms with Crippen LogP contribution in [0.4, 0.5) is 5.69 Å². The molecule has 26 heavy (non-hydrogen) atoms. The number of oxazole rings is 1. The zero-order chi connectivity index (χ0) is 18.1. The van der Waals surface area contributed by atoms with Crippen molar-refractivity contribution >= 4 is 11.6 Å². The van der Waals surface area contributed by atoms with Gasteiger partial charge >= 0.3 is 0 Å². The molecule has 1 aliphatic heterocycles. The molecule has 0 saturated carbocycles. The van der Waals surface area contributed by atoms with Crippen molar-refractivity contribution in [2.24, 2.45) is 0 Å². The van der Waals surface area contributed by atoms with Gasteiger partial charge in [0.25, 0.3) is 5.91 Å². The maximum atomic E-state index is 12.9. The van der Waals surface area contributed by atoms with Crippen LogP contribution in [0.15, 0.2) is 59.0 Å². The number of hydrogen-bond acceptors (Lipinski definition) is 4. The molecule has 1 atom stereocenters. The second-order valence-corrected chi connectivity index (χ2v) is 6.58. The van der Waals surface area contributed by atoms with E-state index < -0.39 is 0 Å². The Balaban J connectivity index is 1.56. The number of nitrogens with zero attached hydrogens (tertiary/aromatic N) is 2. The molecule has 2 heterocycles. The Labute approximate surface area is 152 Å². The van der Waals surface area contributed by atoms with Crippen LogP contribution >= 0.6 is 0 Å². The molecule has 0 N–H and O–H groups in total. The Bertz CT molecular complexity index is 916. The molecule has 132 valence electrons. The fraction of sp³-hybridized carbons (Fsp3) is 0.238. The van der Waals surface area contributed by atoms with E-state index in [9.17, 15) is 4.79 Å². The topological polar surface area (TPSA) is 55.6 Å². The molecule has 1 amide bonds. The number of benzene rings is 2. The first-order valence-corrected chi connectivity index (χ1v) is 8.68. The van der Waals surface area contributed by atoms with E-state index in [0.717, 1.165) is 17.0 Å². The lowest BCUT2D eigenvalue weighted by molar-refractivity contribution is 0.0944. The number of carbonyl (C=O) groups is 1. The lowest BCUT2D eigenvalue weighted by atomic mass is 10.00. The molecule has 5 nitrogen and oxygen atoms in total. The highest BCUT2D eigenvalue weighted by atomic mass is 16.5. The molecular weight excluding hydrogens is 328 g/mol. The first kappa shape index (κ1) is 16.4. The third kappa shape index (κ3) is 3.08. The summed E-state index contributed by atoms with van der Waals surface area (Å²) in [5.74, 6) is 1.42. The molecule has 1 unspecified atom stereocenters. The summed E-state index contributed by atoms with van der Waals surface area (Å²) in [6.45, 7) is 4.86. The van der Waals surface area contributed by atoms with Crippen molar-refractivity contribution in [3.63, 3.8) is 0 Å². The van der Waals surface area contributed by atoms with Crippen molar-refractivity contribution in [2.75, 3.05) is 11.4 Å². The Hall–Kier alpha value is -3.08. The minimum Gasteiger partial charge on any atom is -0.484 e. The van der Waals surface area contributed by atoms with Crippen LogP contribution in [0.3, 0.4) is 0 Å². The van der Waals surface area contributed by atoms with Gasteiger partial charge in [-0.2, -0.15) is 0 Å². The van der Waals surface area contributed by atoms with Crippen LogP contribution in [-0.2, 0) is 6.61 Å². The van der Waals surface area contributed by atoms with Crippen LogP contribution in [0.1, 0.15) is 40.5 Å². The highest BCUT2D eigenvalue weighted by molar-refractivity contribution is 6.06. The second kappa shape index (κ2) is 6.67. The Morgan fingerprint density at radius 1 is 1.15 bits per heavy atom. The van der Waals surface area contributed by atoms with Gasteiger partial charge in [-0.25, -0.2) is 4.98 Å². The van der Waals surface area contributed by atoms with Crippen molar-refractivity contribution in [3.05, 3.63) is 77.5 Å². The predicted octanol–water partition coefficient (Wildman–Crippen LogP) is 4.33. The minimum absolute atomic E-state index is 0.0956. The molecule has 0 saturated heterocycles. The highest BCUT2D eigenvalue weighted by Crippen LogP contribution is 2.31. The molecule has 1 aliphatic rings. The Morgan fingerprint density at radius 3 is 2.62 bits per heavy atom. The monoisotopic (exact) mass is 348 g/mol. The number of fused-ring (bicyclic) bond motifs is 1. The molecule has 0 fully saturated rings. The van der Waals surface area contributed by atoms with Crippen molar-refractivity contribution < 1.29 is 13.9 Å². The van der Waals surface area contributed by atoms with Crippen LogP contribution in [-0.4, -0.2) is 17.4 Å². The third-order valence-corrected chi connectivity index (χ3v) is 4.51. The number of aromatic nitrogens is 1. The lowest BCUT2D eigenvalue weighted by Crippen LogP contribution is -2.39. The number of carbonyl (C=O) groups excluding carboxylic acids is 1. The first-order valence-electron chi connectivity index (χ1n) is 8.68. The number of hydrogen-bond donors (Lipinski definition) is 0. The fourth-order valence-corrected chi connectivity index (χ4v) is 3.10. The van der Waals surface area contributed by atoms with E-state index in [2.05, 4.69) is 11.9 Å². The maximum Gasteiger partial charge on any atom is 0.296 e. The first-order chi connectivity index (χ1) is 12.6. The van der Waals surface area contributed by atoms with Gasteiger partial charge in [0.2, 0.25) is 11.7 Å². The summed E-state index contributed by atoms with van der Waals surface area (Å²) < 4.78 is 11.4. The van der Waals surface area contributed by atoms with E-state index in [4.69, 9.17) is 9.15 Å². The average molecular weight is 348 g/mol. The largest absolute Gasteiger partial charge is 0.484 e. The molecule has 0 radical (unpaired) electrons. The van der Waals surface area contributed by atoms with Gasteiger partial charge in [-0.15, -0.1) is 0 Å². The van der Waals surface area contributed by atoms with E-state index >= 15 is 0 Å². The number of amides is 1. The van der Waals surface area contributed by atoms with E-state index in [1.54, 1.807) is 4.90 Å². The number of anilines is 1. The molecule has 0 bridgehead atoms. The van der Waals surface area contributed by atoms with Crippen LogP contribution in [0, 0.1) is 6.92 Å². The molecule has 3 aromatic rings. The molecule has 1 aromatic heterocycles. The molecule has 5 heteroatoms. The highest BCUT2D eigenvalue weighted by Gasteiger charge is 2.35. The SMILES string of the molecule is Cc1ccc(N2CC(C)c3nc(COc4ccccc4)oc3C2=O)cc1. The predicted molar refractivity (Wildman–Crippen MR) is 98.5 cm³/mol. The summed E-state index contributed by atoms with van der Waals surface area (Å²) in [7, 11) is 0. The van der Waals surface area contributed by atoms with Crippen LogP contribution in [0.25, 0.3) is 0 Å². The molecule has 2 aromatic carbocycles. The van der Waals surface area contributed by atoms with Gasteiger partial charge in [-0.1, -0.05) is 42.8 Å². The van der Waals surface area contributed by atoms with Gasteiger partial charge in [0, 0.05) is 18.2 Å². The Kier molecular flexibility index (Phi) is 4.21. The summed E-state index contributed by atoms with van der Waals surface area (Å²) >= 11 is 0. The zero-order valence-electron chi connectivity index (χ0n) is 14.8. The van der Waals surface area contributed by atoms with E-state index in [-0.39, 0.29) is 18.4 Å². The number of rotatable bonds is 4. The van der Waals surface area contributed by atoms with E-state index in [1.165, 1.54) is 0 Å². The zero-order valence-corrected chi connectivity index (χ0v) is 14.8. The van der Waals surface area contributed by atoms with Crippen LogP contribution in [0.2, 0.25) is 0 Å². The quantitative estimate of drug-likeness (QED) is 0.704. The number of para-hydroxylation sites is 1. The normalized spacial score (nSPS) is 16.5. The standard InChI is InChI=1S/C21H20N2O3/c1-14-8-10-16(11-9-14)23-12-15(2)19-20(21(23)24)26-18(22-19)13-25-17-6-4-3-5-7-17/h3-11,15H,12-13H2,1-2H3. The van der Waals surface area contributed by atoms with Crippen molar-refractivity contribution in [2.45, 2.75) is 26.4 Å². The van der Waals surface area contributed by atoms with Crippen molar-refractivity contribution in [3.8, 4) is 5.75 Å². The van der Waals surface area contributed by atoms with Crippen LogP contribution in [0.5, 0.6) is 5.75 Å². The van der Waals surface area contributed by atoms with Crippen molar-refractivity contribution in [1.29, 1.82) is 0 Å². The fourth-order valence-electron chi connectivity index (χ4n) is 3.10. The summed E-state index contributed by atoms with van der Waals surface area (Å²) in [6, 6.07) is 17.4. The molecular formula is C21H20N2O3. The Morgan fingerprint density at radius 2 is 1.88 bits per heavy atom. The smallest absolute Gasteiger partial charge is 0.296 e. The summed E-state index contributed by atoms with van der Waals surface area (Å²) in [5.41, 5.74) is 2.74. The van der Waals surface area contributed by atoms with Gasteiger partial charge in [0.05, 0.1) is 5.69 Å². The second-order valence-electron chi connectivity index (χ2n) is 6.58. The summed E-state index contributed by atoms with van der Waals surface area (Å²) in [4.78, 5) is 19.1. The summed E-state index contributed by atoms with van der Waals surface area (Å²) in [5, 5.41) is 0. The average Bonchev–Trinajstić information content (AvgIpc) is 3.10. The van der Waals surface area contributed by atoms with Crippen LogP contribution < -0.4 is 9.64 Å². The van der Waals surface area contributed by atoms with E-state index in [1.807, 2.05) is 61.5 Å².